The number of hydrogen-bond acceptors (Lipinski definition) is 2. The Morgan fingerprint density at radius 3 is 2.46 bits per heavy atom. The smallest absolute Gasteiger partial charge is 0.227 e. The van der Waals surface area contributed by atoms with E-state index in [0.29, 0.717) is 12.1 Å². The fraction of sp³-hybridized carbons (Fsp3) is 0.474. The Morgan fingerprint density at radius 2 is 2.00 bits per heavy atom. The molecule has 1 aromatic rings. The van der Waals surface area contributed by atoms with E-state index < -0.39 is 0 Å². The molecule has 0 aromatic heterocycles. The van der Waals surface area contributed by atoms with Crippen LogP contribution in [0.15, 0.2) is 41.0 Å². The first-order valence-electron chi connectivity index (χ1n) is 8.26. The third kappa shape index (κ3) is 4.22. The first kappa shape index (κ1) is 18.2. The van der Waals surface area contributed by atoms with Crippen molar-refractivity contribution in [3.05, 3.63) is 41.9 Å². The average Bonchev–Trinajstić information content (AvgIpc) is 2.76. The Balaban J connectivity index is 0.000000185. The maximum absolute atomic E-state index is 12.9. The molecule has 1 amide bonds. The highest BCUT2D eigenvalue weighted by Gasteiger charge is 2.28. The molecule has 1 fully saturated rings. The summed E-state index contributed by atoms with van der Waals surface area (Å²) in [6.45, 7) is 8.52. The molecular formula is C19H26FN3O. The quantitative estimate of drug-likeness (QED) is 0.848. The third-order valence-electron chi connectivity index (χ3n) is 4.16. The van der Waals surface area contributed by atoms with Gasteiger partial charge >= 0.3 is 0 Å². The van der Waals surface area contributed by atoms with Gasteiger partial charge in [0.1, 0.15) is 11.7 Å². The van der Waals surface area contributed by atoms with Gasteiger partial charge in [-0.2, -0.15) is 0 Å². The van der Waals surface area contributed by atoms with E-state index in [9.17, 15) is 9.18 Å². The number of aliphatic imine (C=N–C) groups is 1. The summed E-state index contributed by atoms with van der Waals surface area (Å²) in [6, 6.07) is 6.37. The number of hydrogen-bond donors (Lipinski definition) is 1. The van der Waals surface area contributed by atoms with Gasteiger partial charge in [-0.25, -0.2) is 4.39 Å². The number of halogens is 1. The fourth-order valence-electron chi connectivity index (χ4n) is 2.65. The SMILES string of the molecule is CC1CCC(=O)N1c1cccc(F)c1.CN=C1C=C(C(C)(C)C)N1. The van der Waals surface area contributed by atoms with Crippen molar-refractivity contribution in [3.63, 3.8) is 0 Å². The average molecular weight is 331 g/mol. The van der Waals surface area contributed by atoms with Crippen molar-refractivity contribution in [1.29, 1.82) is 0 Å². The third-order valence-corrected chi connectivity index (χ3v) is 4.16. The second-order valence-corrected chi connectivity index (χ2v) is 7.17. The van der Waals surface area contributed by atoms with Crippen LogP contribution < -0.4 is 10.2 Å². The summed E-state index contributed by atoms with van der Waals surface area (Å²) in [6.07, 6.45) is 3.51. The molecule has 2 aliphatic heterocycles. The van der Waals surface area contributed by atoms with Gasteiger partial charge in [-0.3, -0.25) is 9.79 Å². The molecule has 2 aliphatic rings. The van der Waals surface area contributed by atoms with Crippen LogP contribution in [0.3, 0.4) is 0 Å². The van der Waals surface area contributed by atoms with Crippen LogP contribution in [-0.2, 0) is 4.79 Å². The molecule has 130 valence electrons. The van der Waals surface area contributed by atoms with Crippen LogP contribution in [0.1, 0.15) is 40.5 Å². The van der Waals surface area contributed by atoms with E-state index in [1.54, 1.807) is 24.1 Å². The molecule has 3 rings (SSSR count). The number of carbonyl (C=O) groups is 1. The minimum Gasteiger partial charge on any atom is -0.343 e. The Hall–Kier alpha value is -2.17. The monoisotopic (exact) mass is 331 g/mol. The van der Waals surface area contributed by atoms with E-state index in [1.165, 1.54) is 17.8 Å². The maximum atomic E-state index is 12.9. The number of rotatable bonds is 1. The zero-order valence-electron chi connectivity index (χ0n) is 15.1. The Kier molecular flexibility index (Phi) is 5.42. The first-order valence-corrected chi connectivity index (χ1v) is 8.26. The van der Waals surface area contributed by atoms with Crippen molar-refractivity contribution < 1.29 is 9.18 Å². The zero-order chi connectivity index (χ0) is 17.9. The molecule has 1 saturated heterocycles. The van der Waals surface area contributed by atoms with Gasteiger partial charge < -0.3 is 10.2 Å². The molecule has 24 heavy (non-hydrogen) atoms. The summed E-state index contributed by atoms with van der Waals surface area (Å²) < 4.78 is 12.9. The van der Waals surface area contributed by atoms with Crippen molar-refractivity contribution in [1.82, 2.24) is 5.32 Å². The number of amidine groups is 1. The normalized spacial score (nSPS) is 21.7. The lowest BCUT2D eigenvalue weighted by atomic mass is 9.88. The molecule has 0 aliphatic carbocycles. The Bertz CT molecular complexity index is 673. The van der Waals surface area contributed by atoms with Crippen LogP contribution >= 0.6 is 0 Å². The van der Waals surface area contributed by atoms with Gasteiger partial charge in [0.25, 0.3) is 0 Å². The van der Waals surface area contributed by atoms with E-state index in [1.807, 2.05) is 6.92 Å². The van der Waals surface area contributed by atoms with Crippen molar-refractivity contribution >= 4 is 17.4 Å². The van der Waals surface area contributed by atoms with Gasteiger partial charge in [-0.15, -0.1) is 0 Å². The number of anilines is 1. The van der Waals surface area contributed by atoms with Gasteiger partial charge in [0, 0.05) is 42.4 Å². The van der Waals surface area contributed by atoms with Crippen molar-refractivity contribution in [2.45, 2.75) is 46.6 Å². The molecule has 1 atom stereocenters. The second-order valence-electron chi connectivity index (χ2n) is 7.17. The highest BCUT2D eigenvalue weighted by molar-refractivity contribution is 6.00. The topological polar surface area (TPSA) is 44.7 Å². The minimum atomic E-state index is -0.297. The van der Waals surface area contributed by atoms with Crippen LogP contribution in [0, 0.1) is 11.2 Å². The van der Waals surface area contributed by atoms with E-state index in [4.69, 9.17) is 0 Å². The summed E-state index contributed by atoms with van der Waals surface area (Å²) >= 11 is 0. The lowest BCUT2D eigenvalue weighted by molar-refractivity contribution is -0.117. The van der Waals surface area contributed by atoms with Gasteiger partial charge in [-0.1, -0.05) is 26.8 Å². The molecule has 2 heterocycles. The Labute approximate surface area is 143 Å². The van der Waals surface area contributed by atoms with Crippen LogP contribution in [0.25, 0.3) is 0 Å². The summed E-state index contributed by atoms with van der Waals surface area (Å²) in [5.74, 6) is 0.780. The zero-order valence-corrected chi connectivity index (χ0v) is 15.1. The van der Waals surface area contributed by atoms with Gasteiger partial charge in [0.15, 0.2) is 0 Å². The van der Waals surface area contributed by atoms with Crippen molar-refractivity contribution in [2.75, 3.05) is 11.9 Å². The summed E-state index contributed by atoms with van der Waals surface area (Å²) in [5, 5.41) is 3.18. The van der Waals surface area contributed by atoms with E-state index >= 15 is 0 Å². The number of allylic oxidation sites excluding steroid dienone is 1. The van der Waals surface area contributed by atoms with E-state index in [2.05, 4.69) is 37.2 Å². The maximum Gasteiger partial charge on any atom is 0.227 e. The molecule has 0 spiro atoms. The fourth-order valence-corrected chi connectivity index (χ4v) is 2.65. The van der Waals surface area contributed by atoms with Crippen molar-refractivity contribution in [2.24, 2.45) is 10.4 Å². The van der Waals surface area contributed by atoms with Crippen LogP contribution in [0.5, 0.6) is 0 Å². The molecule has 1 N–H and O–H groups in total. The first-order chi connectivity index (χ1) is 11.2. The number of nitrogens with one attached hydrogen (secondary N) is 1. The number of nitrogens with zero attached hydrogens (tertiary/aromatic N) is 2. The molecule has 1 unspecified atom stereocenters. The molecular weight excluding hydrogens is 305 g/mol. The number of amides is 1. The minimum absolute atomic E-state index is 0.0862. The Morgan fingerprint density at radius 1 is 1.33 bits per heavy atom. The number of carbonyl (C=O) groups excluding carboxylic acids is 1. The van der Waals surface area contributed by atoms with Gasteiger partial charge in [0.2, 0.25) is 5.91 Å². The molecule has 4 nitrogen and oxygen atoms in total. The van der Waals surface area contributed by atoms with Crippen LogP contribution in [0.4, 0.5) is 10.1 Å². The summed E-state index contributed by atoms with van der Waals surface area (Å²) in [4.78, 5) is 17.2. The van der Waals surface area contributed by atoms with Gasteiger partial charge in [-0.05, 0) is 31.5 Å². The molecule has 0 radical (unpaired) electrons. The number of benzene rings is 1. The predicted molar refractivity (Wildman–Crippen MR) is 96.6 cm³/mol. The molecule has 1 aromatic carbocycles. The van der Waals surface area contributed by atoms with Gasteiger partial charge in [0.05, 0.1) is 0 Å². The van der Waals surface area contributed by atoms with Crippen LogP contribution in [0.2, 0.25) is 0 Å². The second kappa shape index (κ2) is 7.16. The van der Waals surface area contributed by atoms with E-state index in [0.717, 1.165) is 12.3 Å². The van der Waals surface area contributed by atoms with E-state index in [-0.39, 0.29) is 23.2 Å². The lowest BCUT2D eigenvalue weighted by Gasteiger charge is -2.30. The van der Waals surface area contributed by atoms with Crippen molar-refractivity contribution in [3.8, 4) is 0 Å². The lowest BCUT2D eigenvalue weighted by Crippen LogP contribution is -2.38. The van der Waals surface area contributed by atoms with Crippen LogP contribution in [-0.4, -0.2) is 24.8 Å². The molecule has 0 saturated carbocycles. The highest BCUT2D eigenvalue weighted by atomic mass is 19.1. The largest absolute Gasteiger partial charge is 0.343 e. The summed E-state index contributed by atoms with van der Waals surface area (Å²) in [5.41, 5.74) is 2.18. The highest BCUT2D eigenvalue weighted by Crippen LogP contribution is 2.27. The standard InChI is InChI=1S/C11H12FNO.C8H14N2/c1-8-5-6-11(14)13(8)10-4-2-3-9(12)7-10;1-8(2,3)6-5-7(9-4)10-6/h2-4,7-8H,5-6H2,1H3;5H,1-4H3,(H,9,10). The molecule has 0 bridgehead atoms. The predicted octanol–water partition coefficient (Wildman–Crippen LogP) is 3.89. The summed E-state index contributed by atoms with van der Waals surface area (Å²) in [7, 11) is 1.79. The molecule has 5 heteroatoms.